The van der Waals surface area contributed by atoms with Gasteiger partial charge >= 0.3 is 0 Å². The van der Waals surface area contributed by atoms with Crippen LogP contribution < -0.4 is 21.3 Å². The lowest BCUT2D eigenvalue weighted by atomic mass is 10.0. The fourth-order valence-electron chi connectivity index (χ4n) is 5.34. The van der Waals surface area contributed by atoms with Crippen LogP contribution in [0.15, 0.2) is 105 Å². The van der Waals surface area contributed by atoms with Gasteiger partial charge in [-0.2, -0.15) is 0 Å². The van der Waals surface area contributed by atoms with Gasteiger partial charge in [-0.25, -0.2) is 0 Å². The minimum absolute atomic E-state index is 0.0867. The number of phosphoric acid groups is 2. The zero-order valence-electron chi connectivity index (χ0n) is 37.0. The van der Waals surface area contributed by atoms with Crippen LogP contribution in [-0.2, 0) is 9.13 Å². The zero-order valence-corrected chi connectivity index (χ0v) is 38.8. The number of quaternary nitrogens is 2. The average molecular weight is 843 g/mol. The maximum Gasteiger partial charge on any atom is 0.288 e. The molecule has 0 aromatic carbocycles. The third kappa shape index (κ3) is 51.6. The number of hydrogen-bond acceptors (Lipinski definition) is 5. The van der Waals surface area contributed by atoms with E-state index >= 15 is 0 Å². The quantitative estimate of drug-likeness (QED) is 0.0279. The van der Waals surface area contributed by atoms with E-state index in [0.717, 1.165) is 69.8 Å². The molecule has 0 aromatic rings. The van der Waals surface area contributed by atoms with Crippen LogP contribution in [0.1, 0.15) is 166 Å². The van der Waals surface area contributed by atoms with Crippen LogP contribution in [0.25, 0.3) is 0 Å². The van der Waals surface area contributed by atoms with Crippen LogP contribution >= 0.6 is 15.6 Å². The van der Waals surface area contributed by atoms with Crippen molar-refractivity contribution in [3.05, 3.63) is 105 Å². The summed E-state index contributed by atoms with van der Waals surface area (Å²) in [5, 5.41) is 9.53. The number of hydrogen-bond donors (Lipinski definition) is 7. The van der Waals surface area contributed by atoms with E-state index in [0.29, 0.717) is 0 Å². The Balaban J connectivity index is -0.00000257. The van der Waals surface area contributed by atoms with Crippen LogP contribution in [0.3, 0.4) is 0 Å². The molecule has 11 N–H and O–H groups in total. The zero-order chi connectivity index (χ0) is 44.6. The molecule has 0 radical (unpaired) electrons. The van der Waals surface area contributed by atoms with Gasteiger partial charge in [0.25, 0.3) is 21.5 Å². The van der Waals surface area contributed by atoms with Gasteiger partial charge in [-0.15, -0.1) is 0 Å². The van der Waals surface area contributed by atoms with Gasteiger partial charge in [0.1, 0.15) is 6.04 Å². The van der Waals surface area contributed by atoms with E-state index in [2.05, 4.69) is 122 Å². The molecule has 13 heteroatoms. The lowest BCUT2D eigenvalue weighted by Gasteiger charge is -2.06. The van der Waals surface area contributed by atoms with E-state index in [4.69, 9.17) is 38.5 Å². The number of allylic oxidation sites excluding steroid dienone is 15. The summed E-state index contributed by atoms with van der Waals surface area (Å²) in [7, 11) is -9.78. The second-order valence-electron chi connectivity index (χ2n) is 15.4. The van der Waals surface area contributed by atoms with Crippen molar-refractivity contribution in [2.75, 3.05) is 0 Å². The maximum absolute atomic E-state index is 9.53. The molecule has 0 bridgehead atoms. The maximum atomic E-state index is 9.53. The van der Waals surface area contributed by atoms with Gasteiger partial charge in [-0.05, 0) is 159 Å². The first kappa shape index (κ1) is 58.9. The highest BCUT2D eigenvalue weighted by Crippen LogP contribution is 2.20. The van der Waals surface area contributed by atoms with Crippen molar-refractivity contribution in [2.45, 2.75) is 172 Å². The van der Waals surface area contributed by atoms with Gasteiger partial charge < -0.3 is 40.2 Å². The Morgan fingerprint density at radius 1 is 0.474 bits per heavy atom. The molecule has 0 amide bonds. The number of aliphatic hydroxyl groups excluding tert-OH is 1. The topological polar surface area (TPSA) is 237 Å². The normalized spacial score (nSPS) is 14.9. The van der Waals surface area contributed by atoms with Gasteiger partial charge in [-0.3, -0.25) is 14.9 Å². The highest BCUT2D eigenvalue weighted by Gasteiger charge is 2.12. The van der Waals surface area contributed by atoms with Crippen molar-refractivity contribution in [3.63, 3.8) is 0 Å². The Bertz CT molecular complexity index is 1480. The van der Waals surface area contributed by atoms with E-state index < -0.39 is 15.6 Å². The smallest absolute Gasteiger partial charge is 0.288 e. The lowest BCUT2D eigenvalue weighted by Crippen LogP contribution is -2.63. The van der Waals surface area contributed by atoms with Crippen LogP contribution in [0.5, 0.6) is 0 Å². The molecule has 0 rings (SSSR count). The van der Waals surface area contributed by atoms with Gasteiger partial charge in [-0.1, -0.05) is 93.2 Å². The van der Waals surface area contributed by atoms with Crippen molar-refractivity contribution in [2.24, 2.45) is 0 Å². The molecular weight excluding hydrogens is 762 g/mol. The van der Waals surface area contributed by atoms with E-state index in [9.17, 15) is 5.11 Å². The average Bonchev–Trinajstić information content (AvgIpc) is 3.05. The minimum atomic E-state index is -4.89. The Hall–Kier alpha value is -2.40. The Morgan fingerprint density at radius 2 is 0.667 bits per heavy atom. The summed E-state index contributed by atoms with van der Waals surface area (Å²) in [6, 6.07) is 0.0867. The number of aliphatic hydroxyl groups is 1. The molecule has 0 aromatic heterocycles. The molecule has 11 nitrogen and oxygen atoms in total. The predicted molar refractivity (Wildman–Crippen MR) is 234 cm³/mol. The third-order valence-electron chi connectivity index (χ3n) is 9.10. The molecule has 0 spiro atoms. The van der Waals surface area contributed by atoms with Gasteiger partial charge in [0.05, 0.1) is 5.57 Å². The molecule has 1 unspecified atom stereocenters. The summed E-state index contributed by atoms with van der Waals surface area (Å²) in [6.45, 7) is 22.1. The molecule has 1 atom stereocenters. The lowest BCUT2D eigenvalue weighted by molar-refractivity contribution is -0.413. The molecular formula is C44H80N2O9P2. The molecule has 0 fully saturated rings. The van der Waals surface area contributed by atoms with Crippen LogP contribution in [0.2, 0.25) is 0 Å². The van der Waals surface area contributed by atoms with Crippen molar-refractivity contribution >= 4 is 15.6 Å². The number of rotatable bonds is 24. The predicted octanol–water partition coefficient (Wildman–Crippen LogP) is 8.95. The molecule has 0 aliphatic heterocycles. The van der Waals surface area contributed by atoms with Gasteiger partial charge in [0, 0.05) is 6.42 Å². The molecule has 57 heavy (non-hydrogen) atoms. The van der Waals surface area contributed by atoms with E-state index in [1.54, 1.807) is 0 Å². The van der Waals surface area contributed by atoms with E-state index in [1.165, 1.54) is 76.7 Å². The SMILES string of the molecule is CC(C)=CCC/C(C)=C/CC/C(C)=C/CC/C(C)=C/CC/C(C)=C/CC/C(C)=C/CC/C(C)=C/CC/C(C)=C/CC([NH3+])/C(C)=C(\[NH3+])O.O=P([O-])(O)O.O=P([O-])(O)O. The van der Waals surface area contributed by atoms with Gasteiger partial charge in [0.2, 0.25) is 0 Å². The summed E-state index contributed by atoms with van der Waals surface area (Å²) >= 11 is 0. The highest BCUT2D eigenvalue weighted by atomic mass is 31.2. The summed E-state index contributed by atoms with van der Waals surface area (Å²) < 4.78 is 17.5. The van der Waals surface area contributed by atoms with Crippen molar-refractivity contribution < 1.29 is 55.1 Å². The molecule has 0 saturated carbocycles. The van der Waals surface area contributed by atoms with Crippen molar-refractivity contribution in [1.82, 2.24) is 0 Å². The monoisotopic (exact) mass is 843 g/mol. The molecule has 0 saturated heterocycles. The summed E-state index contributed by atoms with van der Waals surface area (Å²) in [6.07, 6.45) is 36.1. The molecule has 0 aliphatic carbocycles. The Morgan fingerprint density at radius 3 is 0.860 bits per heavy atom. The fraction of sp³-hybridized carbons (Fsp3) is 0.591. The summed E-state index contributed by atoms with van der Waals surface area (Å²) in [4.78, 5) is 45.8. The van der Waals surface area contributed by atoms with Crippen LogP contribution in [-0.4, -0.2) is 30.7 Å². The Labute approximate surface area is 346 Å². The summed E-state index contributed by atoms with van der Waals surface area (Å²) in [5.74, 6) is 0.153. The standard InChI is InChI=1S/C44H74N2O.2H3O4P/c1-34(2)18-11-19-35(3)20-12-21-36(4)22-13-23-37(5)24-14-25-38(6)26-15-27-39(7)28-16-29-40(8)30-17-31-41(9)32-33-43(45)42(10)44(46)47;2*1-5(2,3)4/h18,20,22,24,26,28,30,32,43,47H,11-17,19,21,23,25,27,29,31,33,45-46H2,1-10H3;2*(H3,1,2,3,4)/b35-20+,36-22+,37-24+,38-26+,39-28+,40-30+,41-32+,44-42+;;. The van der Waals surface area contributed by atoms with Crippen molar-refractivity contribution in [1.29, 1.82) is 0 Å². The molecule has 0 aliphatic rings. The molecule has 330 valence electrons. The first-order valence-electron chi connectivity index (χ1n) is 20.0. The molecule has 0 heterocycles. The van der Waals surface area contributed by atoms with Crippen LogP contribution in [0.4, 0.5) is 0 Å². The second kappa shape index (κ2) is 34.5. The highest BCUT2D eigenvalue weighted by molar-refractivity contribution is 7.43. The van der Waals surface area contributed by atoms with Gasteiger partial charge in [0.15, 0.2) is 0 Å². The fourth-order valence-corrected chi connectivity index (χ4v) is 5.34. The minimum Gasteiger partial charge on any atom is -0.756 e. The van der Waals surface area contributed by atoms with Crippen molar-refractivity contribution in [3.8, 4) is 0 Å². The van der Waals surface area contributed by atoms with Crippen LogP contribution in [0, 0.1) is 0 Å². The van der Waals surface area contributed by atoms with E-state index in [1.807, 2.05) is 6.92 Å². The first-order chi connectivity index (χ1) is 26.2. The van der Waals surface area contributed by atoms with E-state index in [-0.39, 0.29) is 11.9 Å². The first-order valence-corrected chi connectivity index (χ1v) is 23.1. The largest absolute Gasteiger partial charge is 0.756 e. The second-order valence-corrected chi connectivity index (χ2v) is 17.4. The third-order valence-corrected chi connectivity index (χ3v) is 9.10. The summed E-state index contributed by atoms with van der Waals surface area (Å²) in [5.41, 5.74) is 20.5. The Kier molecular flexibility index (Phi) is 35.6.